The van der Waals surface area contributed by atoms with Crippen LogP contribution in [0.5, 0.6) is 0 Å². The molecule has 200 valence electrons. The highest BCUT2D eigenvalue weighted by Gasteiger charge is 2.29. The first kappa shape index (κ1) is 26.8. The lowest BCUT2D eigenvalue weighted by molar-refractivity contribution is 0.0976. The minimum absolute atomic E-state index is 0.00263. The van der Waals surface area contributed by atoms with Crippen molar-refractivity contribution in [3.05, 3.63) is 17.5 Å². The van der Waals surface area contributed by atoms with Gasteiger partial charge in [-0.15, -0.1) is 0 Å². The lowest BCUT2D eigenvalue weighted by atomic mass is 9.85. The predicted octanol–water partition coefficient (Wildman–Crippen LogP) is 2.92. The van der Waals surface area contributed by atoms with Crippen molar-refractivity contribution in [2.45, 2.75) is 58.4 Å². The highest BCUT2D eigenvalue weighted by molar-refractivity contribution is 7.90. The van der Waals surface area contributed by atoms with Gasteiger partial charge in [-0.1, -0.05) is 20.3 Å². The molecule has 1 saturated carbocycles. The summed E-state index contributed by atoms with van der Waals surface area (Å²) in [6.07, 6.45) is 5.52. The fourth-order valence-corrected chi connectivity index (χ4v) is 5.88. The predicted molar refractivity (Wildman–Crippen MR) is 139 cm³/mol. The highest BCUT2D eigenvalue weighted by Crippen LogP contribution is 2.37. The lowest BCUT2D eigenvalue weighted by Gasteiger charge is -2.34. The SMILES string of the molecule is COCCS(=O)(=O)NC(=O)c1cc(N2CCC(COC)CC2)c2c(C(C)C)nn(CC3CCC3)c2n1. The number of nitrogens with zero attached hydrogens (tertiary/aromatic N) is 4. The van der Waals surface area contributed by atoms with Crippen LogP contribution < -0.4 is 9.62 Å². The molecule has 1 saturated heterocycles. The number of ether oxygens (including phenoxy) is 2. The van der Waals surface area contributed by atoms with E-state index in [4.69, 9.17) is 19.6 Å². The highest BCUT2D eigenvalue weighted by atomic mass is 32.2. The fraction of sp³-hybridized carbons (Fsp3) is 0.720. The molecule has 3 heterocycles. The van der Waals surface area contributed by atoms with Gasteiger partial charge in [0.25, 0.3) is 5.91 Å². The molecule has 2 aromatic rings. The van der Waals surface area contributed by atoms with Crippen LogP contribution in [0.15, 0.2) is 6.07 Å². The maximum atomic E-state index is 13.1. The number of sulfonamides is 1. The minimum atomic E-state index is -3.84. The quantitative estimate of drug-likeness (QED) is 0.480. The van der Waals surface area contributed by atoms with Crippen LogP contribution in [0, 0.1) is 11.8 Å². The first-order chi connectivity index (χ1) is 17.2. The van der Waals surface area contributed by atoms with E-state index in [0.717, 1.165) is 68.7 Å². The summed E-state index contributed by atoms with van der Waals surface area (Å²) in [6, 6.07) is 1.74. The molecule has 1 aliphatic heterocycles. The van der Waals surface area contributed by atoms with Crippen molar-refractivity contribution in [2.75, 3.05) is 51.2 Å². The maximum Gasteiger partial charge on any atom is 0.283 e. The summed E-state index contributed by atoms with van der Waals surface area (Å²) >= 11 is 0. The lowest BCUT2D eigenvalue weighted by Crippen LogP contribution is -2.36. The number of anilines is 1. The molecule has 1 N–H and O–H groups in total. The molecular weight excluding hydrogens is 482 g/mol. The molecule has 0 unspecified atom stereocenters. The second-order valence-electron chi connectivity index (χ2n) is 10.4. The van der Waals surface area contributed by atoms with Crippen molar-refractivity contribution in [3.63, 3.8) is 0 Å². The van der Waals surface area contributed by atoms with Gasteiger partial charge in [0.15, 0.2) is 5.65 Å². The van der Waals surface area contributed by atoms with E-state index in [0.29, 0.717) is 17.5 Å². The van der Waals surface area contributed by atoms with Crippen LogP contribution in [-0.2, 0) is 26.0 Å². The molecule has 36 heavy (non-hydrogen) atoms. The maximum absolute atomic E-state index is 13.1. The van der Waals surface area contributed by atoms with Gasteiger partial charge >= 0.3 is 0 Å². The molecule has 0 spiro atoms. The van der Waals surface area contributed by atoms with E-state index in [2.05, 4.69) is 23.5 Å². The smallest absolute Gasteiger partial charge is 0.283 e. The topological polar surface area (TPSA) is 116 Å². The number of carbonyl (C=O) groups is 1. The van der Waals surface area contributed by atoms with Gasteiger partial charge in [0, 0.05) is 40.5 Å². The van der Waals surface area contributed by atoms with E-state index in [1.165, 1.54) is 13.5 Å². The molecule has 2 aliphatic rings. The number of pyridine rings is 1. The van der Waals surface area contributed by atoms with Crippen LogP contribution in [-0.4, -0.2) is 75.4 Å². The molecule has 1 amide bonds. The molecule has 0 radical (unpaired) electrons. The molecule has 1 aliphatic carbocycles. The van der Waals surface area contributed by atoms with Gasteiger partial charge < -0.3 is 14.4 Å². The number of aromatic nitrogens is 3. The van der Waals surface area contributed by atoms with E-state index in [9.17, 15) is 13.2 Å². The van der Waals surface area contributed by atoms with Crippen LogP contribution >= 0.6 is 0 Å². The fourth-order valence-electron chi connectivity index (χ4n) is 5.01. The normalized spacial score (nSPS) is 17.6. The summed E-state index contributed by atoms with van der Waals surface area (Å²) in [7, 11) is -0.689. The first-order valence-electron chi connectivity index (χ1n) is 12.9. The second-order valence-corrected chi connectivity index (χ2v) is 12.2. The van der Waals surface area contributed by atoms with Crippen LogP contribution in [0.4, 0.5) is 5.69 Å². The number of carbonyl (C=O) groups excluding carboxylic acids is 1. The molecule has 0 atom stereocenters. The van der Waals surface area contributed by atoms with Crippen molar-refractivity contribution in [1.82, 2.24) is 19.5 Å². The number of amides is 1. The Bertz CT molecular complexity index is 1170. The van der Waals surface area contributed by atoms with Gasteiger partial charge in [0.2, 0.25) is 10.0 Å². The average Bonchev–Trinajstić information content (AvgIpc) is 3.19. The van der Waals surface area contributed by atoms with E-state index < -0.39 is 15.9 Å². The molecule has 2 aromatic heterocycles. The van der Waals surface area contributed by atoms with Crippen molar-refractivity contribution in [3.8, 4) is 0 Å². The standard InChI is InChI=1S/C25H39N5O5S/c1-17(2)23-22-21(29-10-8-19(9-11-29)16-35-4)14-20(25(31)28-36(32,33)13-12-34-3)26-24(22)30(27-23)15-18-6-5-7-18/h14,17-19H,5-13,15-16H2,1-4H3,(H,28,31). The number of rotatable bonds is 11. The summed E-state index contributed by atoms with van der Waals surface area (Å²) in [5.41, 5.74) is 2.61. The number of hydrogen-bond acceptors (Lipinski definition) is 8. The van der Waals surface area contributed by atoms with Crippen LogP contribution in [0.1, 0.15) is 68.1 Å². The van der Waals surface area contributed by atoms with Gasteiger partial charge in [-0.2, -0.15) is 5.10 Å². The Hall–Kier alpha value is -2.24. The molecule has 0 aromatic carbocycles. The Morgan fingerprint density at radius 2 is 1.86 bits per heavy atom. The molecule has 11 heteroatoms. The number of methoxy groups -OCH3 is 2. The Morgan fingerprint density at radius 1 is 1.14 bits per heavy atom. The summed E-state index contributed by atoms with van der Waals surface area (Å²) in [6.45, 7) is 7.38. The monoisotopic (exact) mass is 521 g/mol. The van der Waals surface area contributed by atoms with E-state index in [1.54, 1.807) is 13.2 Å². The second kappa shape index (κ2) is 11.4. The van der Waals surface area contributed by atoms with E-state index >= 15 is 0 Å². The summed E-state index contributed by atoms with van der Waals surface area (Å²) < 4.78 is 39.1. The van der Waals surface area contributed by atoms with Crippen molar-refractivity contribution in [2.24, 2.45) is 11.8 Å². The first-order valence-corrected chi connectivity index (χ1v) is 14.6. The number of hydrogen-bond donors (Lipinski definition) is 1. The van der Waals surface area contributed by atoms with Crippen molar-refractivity contribution in [1.29, 1.82) is 0 Å². The van der Waals surface area contributed by atoms with E-state index in [-0.39, 0.29) is 24.0 Å². The summed E-state index contributed by atoms with van der Waals surface area (Å²) in [5, 5.41) is 5.93. The number of fused-ring (bicyclic) bond motifs is 1. The minimum Gasteiger partial charge on any atom is -0.384 e. The number of piperidine rings is 1. The van der Waals surface area contributed by atoms with Gasteiger partial charge in [0.05, 0.1) is 29.1 Å². The third kappa shape index (κ3) is 6.00. The van der Waals surface area contributed by atoms with Gasteiger partial charge in [-0.25, -0.2) is 22.8 Å². The Morgan fingerprint density at radius 3 is 2.44 bits per heavy atom. The molecule has 2 fully saturated rings. The van der Waals surface area contributed by atoms with Gasteiger partial charge in [-0.3, -0.25) is 4.79 Å². The van der Waals surface area contributed by atoms with Crippen LogP contribution in [0.3, 0.4) is 0 Å². The van der Waals surface area contributed by atoms with Crippen molar-refractivity contribution >= 4 is 32.7 Å². The van der Waals surface area contributed by atoms with Gasteiger partial charge in [-0.05, 0) is 49.5 Å². The molecule has 4 rings (SSSR count). The Kier molecular flexibility index (Phi) is 8.52. The van der Waals surface area contributed by atoms with Crippen molar-refractivity contribution < 1.29 is 22.7 Å². The molecule has 10 nitrogen and oxygen atoms in total. The van der Waals surface area contributed by atoms with Crippen LogP contribution in [0.25, 0.3) is 11.0 Å². The molecule has 0 bridgehead atoms. The third-order valence-corrected chi connectivity index (χ3v) is 8.51. The summed E-state index contributed by atoms with van der Waals surface area (Å²) in [4.78, 5) is 20.1. The number of nitrogens with one attached hydrogen (secondary N) is 1. The third-order valence-electron chi connectivity index (χ3n) is 7.31. The zero-order chi connectivity index (χ0) is 25.9. The van der Waals surface area contributed by atoms with Gasteiger partial charge in [0.1, 0.15) is 5.69 Å². The Labute approximate surface area is 213 Å². The Balaban J connectivity index is 1.76. The molecular formula is C25H39N5O5S. The largest absolute Gasteiger partial charge is 0.384 e. The van der Waals surface area contributed by atoms with E-state index in [1.807, 2.05) is 4.68 Å². The summed E-state index contributed by atoms with van der Waals surface area (Å²) in [5.74, 6) is 0.203. The average molecular weight is 522 g/mol. The zero-order valence-corrected chi connectivity index (χ0v) is 22.6. The zero-order valence-electron chi connectivity index (χ0n) is 21.8. The van der Waals surface area contributed by atoms with Crippen LogP contribution in [0.2, 0.25) is 0 Å².